The number of urea groups is 1. The van der Waals surface area contributed by atoms with Crippen LogP contribution in [-0.2, 0) is 19.3 Å². The van der Waals surface area contributed by atoms with E-state index in [1.807, 2.05) is 58.7 Å². The van der Waals surface area contributed by atoms with Crippen LogP contribution in [0.4, 0.5) is 16.2 Å². The van der Waals surface area contributed by atoms with E-state index in [4.69, 9.17) is 5.73 Å². The van der Waals surface area contributed by atoms with Gasteiger partial charge in [0, 0.05) is 34.4 Å². The monoisotopic (exact) mass is 701 g/mol. The molecule has 4 nitrogen and oxygen atoms in total. The van der Waals surface area contributed by atoms with Crippen LogP contribution in [0.15, 0.2) is 73.8 Å². The Bertz CT molecular complexity index is 1650. The summed E-state index contributed by atoms with van der Waals surface area (Å²) in [7, 11) is 0. The van der Waals surface area contributed by atoms with Crippen molar-refractivity contribution < 1.29 is 4.79 Å². The van der Waals surface area contributed by atoms with Crippen molar-refractivity contribution in [1.29, 1.82) is 0 Å². The third kappa shape index (κ3) is 6.09. The Kier molecular flexibility index (Phi) is 9.36. The number of aryl methyl sites for hydroxylation is 1. The van der Waals surface area contributed by atoms with Crippen molar-refractivity contribution in [3.05, 3.63) is 84.9 Å². The Morgan fingerprint density at radius 3 is 2.59 bits per heavy atom. The van der Waals surface area contributed by atoms with E-state index in [0.717, 1.165) is 47.0 Å². The number of amides is 2. The minimum Gasteiger partial charge on any atom is -0.351 e. The highest BCUT2D eigenvalue weighted by atomic mass is 79.9. The lowest BCUT2D eigenvalue weighted by Gasteiger charge is -2.22. The molecule has 0 saturated heterocycles. The summed E-state index contributed by atoms with van der Waals surface area (Å²) in [6.45, 7) is 4.04. The molecule has 2 aromatic heterocycles. The predicted molar refractivity (Wildman–Crippen MR) is 179 cm³/mol. The van der Waals surface area contributed by atoms with Crippen LogP contribution in [0.3, 0.4) is 0 Å². The molecule has 0 fully saturated rings. The molecule has 39 heavy (non-hydrogen) atoms. The molecule has 3 aromatic carbocycles. The summed E-state index contributed by atoms with van der Waals surface area (Å²) in [6, 6.07) is 18.2. The van der Waals surface area contributed by atoms with Crippen LogP contribution in [0.5, 0.6) is 0 Å². The van der Waals surface area contributed by atoms with E-state index in [2.05, 4.69) is 86.1 Å². The van der Waals surface area contributed by atoms with E-state index in [9.17, 15) is 4.79 Å². The normalized spacial score (nSPS) is 11.5. The van der Waals surface area contributed by atoms with E-state index in [1.165, 1.54) is 41.1 Å². The first-order chi connectivity index (χ1) is 18.9. The number of nitrogens with one attached hydrogen (secondary N) is 1. The first-order valence-corrected chi connectivity index (χ1v) is 17.2. The van der Waals surface area contributed by atoms with Gasteiger partial charge in [0.2, 0.25) is 0 Å². The van der Waals surface area contributed by atoms with Crippen molar-refractivity contribution in [1.82, 2.24) is 5.32 Å². The summed E-state index contributed by atoms with van der Waals surface area (Å²) in [5, 5.41) is 8.48. The van der Waals surface area contributed by atoms with E-state index in [1.54, 1.807) is 4.90 Å². The van der Waals surface area contributed by atoms with E-state index < -0.39 is 6.03 Å². The first kappa shape index (κ1) is 28.6. The Labute approximate surface area is 258 Å². The highest BCUT2D eigenvalue weighted by Crippen LogP contribution is 2.40. The first-order valence-electron chi connectivity index (χ1n) is 12.7. The molecule has 0 radical (unpaired) electrons. The molecule has 5 rings (SSSR count). The zero-order valence-corrected chi connectivity index (χ0v) is 27.3. The SMILES string of the molecule is CCc1sc2ccc(N(C(N)=O)c3cccc(Br)c3Br)cc2c1CCNCCc1ccc2scc(SC)c2c1. The molecular formula is C30H29Br2N3OS3. The molecule has 0 unspecified atom stereocenters. The molecule has 0 aliphatic heterocycles. The quantitative estimate of drug-likeness (QED) is 0.113. The van der Waals surface area contributed by atoms with Crippen molar-refractivity contribution in [3.63, 3.8) is 0 Å². The van der Waals surface area contributed by atoms with Crippen molar-refractivity contribution >= 4 is 104 Å². The lowest BCUT2D eigenvalue weighted by molar-refractivity contribution is 0.256. The maximum Gasteiger partial charge on any atom is 0.323 e. The molecule has 2 amide bonds. The summed E-state index contributed by atoms with van der Waals surface area (Å²) < 4.78 is 4.24. The molecule has 0 bridgehead atoms. The number of carbonyl (C=O) groups is 1. The number of thiophene rings is 2. The highest BCUT2D eigenvalue weighted by molar-refractivity contribution is 9.13. The molecule has 0 aliphatic rings. The van der Waals surface area contributed by atoms with Crippen LogP contribution in [0.1, 0.15) is 22.9 Å². The van der Waals surface area contributed by atoms with Gasteiger partial charge in [0.25, 0.3) is 0 Å². The van der Waals surface area contributed by atoms with Gasteiger partial charge in [0.1, 0.15) is 0 Å². The largest absolute Gasteiger partial charge is 0.351 e. The predicted octanol–water partition coefficient (Wildman–Crippen LogP) is 9.52. The number of halogens is 2. The summed E-state index contributed by atoms with van der Waals surface area (Å²) in [4.78, 5) is 16.9. The average molecular weight is 704 g/mol. The third-order valence-corrected chi connectivity index (χ3v) is 12.1. The maximum atomic E-state index is 12.6. The maximum absolute atomic E-state index is 12.6. The second-order valence-corrected chi connectivity index (χ2v) is 13.7. The fourth-order valence-electron chi connectivity index (χ4n) is 4.87. The fourth-order valence-corrected chi connectivity index (χ4v) is 8.63. The molecule has 0 saturated carbocycles. The number of fused-ring (bicyclic) bond motifs is 2. The van der Waals surface area contributed by atoms with Gasteiger partial charge in [-0.15, -0.1) is 34.4 Å². The van der Waals surface area contributed by atoms with Crippen LogP contribution in [0, 0.1) is 0 Å². The van der Waals surface area contributed by atoms with Gasteiger partial charge in [-0.3, -0.25) is 4.90 Å². The van der Waals surface area contributed by atoms with Gasteiger partial charge in [0.15, 0.2) is 0 Å². The number of benzene rings is 3. The summed E-state index contributed by atoms with van der Waals surface area (Å²) in [5.74, 6) is 0. The number of anilines is 2. The molecule has 2 heterocycles. The van der Waals surface area contributed by atoms with Crippen molar-refractivity contribution in [2.24, 2.45) is 5.73 Å². The lowest BCUT2D eigenvalue weighted by atomic mass is 10.0. The molecule has 0 atom stereocenters. The molecule has 202 valence electrons. The molecular weight excluding hydrogens is 674 g/mol. The molecule has 0 spiro atoms. The van der Waals surface area contributed by atoms with Crippen LogP contribution >= 0.6 is 66.3 Å². The van der Waals surface area contributed by atoms with Crippen LogP contribution in [0.2, 0.25) is 0 Å². The highest BCUT2D eigenvalue weighted by Gasteiger charge is 2.21. The van der Waals surface area contributed by atoms with Gasteiger partial charge in [-0.1, -0.05) is 19.1 Å². The Hall–Kier alpha value is -1.88. The minimum atomic E-state index is -0.521. The van der Waals surface area contributed by atoms with Crippen LogP contribution in [-0.4, -0.2) is 25.4 Å². The van der Waals surface area contributed by atoms with Gasteiger partial charge in [-0.25, -0.2) is 4.79 Å². The molecule has 5 aromatic rings. The second-order valence-electron chi connectivity index (χ2n) is 9.17. The zero-order chi connectivity index (χ0) is 27.5. The summed E-state index contributed by atoms with van der Waals surface area (Å²) in [5.41, 5.74) is 10.1. The standard InChI is InChI=1S/C30H29Br2N3OS3/c1-3-25-20(12-14-34-13-11-18-7-9-26-22(15-18)28(37-2)17-38-26)21-16-19(8-10-27(21)39-25)35(30(33)36)24-6-4-5-23(31)29(24)32/h4-10,15-17,34H,3,11-14H2,1-2H3,(H2,33,36). The minimum absolute atomic E-state index is 0.521. The number of carbonyl (C=O) groups excluding carboxylic acids is 1. The van der Waals surface area contributed by atoms with Crippen molar-refractivity contribution in [2.45, 2.75) is 31.1 Å². The Morgan fingerprint density at radius 2 is 1.82 bits per heavy atom. The number of nitrogens with zero attached hydrogens (tertiary/aromatic N) is 1. The van der Waals surface area contributed by atoms with Crippen molar-refractivity contribution in [3.8, 4) is 0 Å². The second kappa shape index (κ2) is 12.7. The van der Waals surface area contributed by atoms with E-state index >= 15 is 0 Å². The van der Waals surface area contributed by atoms with Crippen molar-refractivity contribution in [2.75, 3.05) is 24.2 Å². The number of rotatable bonds is 10. The zero-order valence-electron chi connectivity index (χ0n) is 21.7. The van der Waals surface area contributed by atoms with Gasteiger partial charge in [0.05, 0.1) is 15.8 Å². The van der Waals surface area contributed by atoms with Crippen LogP contribution < -0.4 is 16.0 Å². The fraction of sp³-hybridized carbons (Fsp3) is 0.233. The Morgan fingerprint density at radius 1 is 1.03 bits per heavy atom. The smallest absolute Gasteiger partial charge is 0.323 e. The molecule has 0 aliphatic carbocycles. The van der Waals surface area contributed by atoms with Gasteiger partial charge in [-0.2, -0.15) is 0 Å². The van der Waals surface area contributed by atoms with Crippen LogP contribution in [0.25, 0.3) is 20.2 Å². The van der Waals surface area contributed by atoms with Gasteiger partial charge in [-0.05, 0) is 129 Å². The van der Waals surface area contributed by atoms with Gasteiger partial charge < -0.3 is 11.1 Å². The van der Waals surface area contributed by atoms with E-state index in [-0.39, 0.29) is 0 Å². The topological polar surface area (TPSA) is 58.4 Å². The summed E-state index contributed by atoms with van der Waals surface area (Å²) >= 11 is 12.6. The summed E-state index contributed by atoms with van der Waals surface area (Å²) in [6.07, 6.45) is 5.06. The number of hydrogen-bond donors (Lipinski definition) is 2. The average Bonchev–Trinajstić information content (AvgIpc) is 3.51. The Balaban J connectivity index is 1.32. The van der Waals surface area contributed by atoms with E-state index in [0.29, 0.717) is 5.69 Å². The number of thioether (sulfide) groups is 1. The number of nitrogens with two attached hydrogens (primary N) is 1. The third-order valence-electron chi connectivity index (χ3n) is 6.79. The molecule has 9 heteroatoms. The lowest BCUT2D eigenvalue weighted by Crippen LogP contribution is -2.31. The van der Waals surface area contributed by atoms with Gasteiger partial charge >= 0.3 is 6.03 Å². The number of hydrogen-bond acceptors (Lipinski definition) is 5. The molecule has 3 N–H and O–H groups in total. The number of primary amides is 1.